The molecule has 0 atom stereocenters. The lowest BCUT2D eigenvalue weighted by atomic mass is 10.2. The van der Waals surface area contributed by atoms with Gasteiger partial charge >= 0.3 is 0 Å². The second-order valence-electron chi connectivity index (χ2n) is 3.48. The Morgan fingerprint density at radius 2 is 1.89 bits per heavy atom. The zero-order valence-electron chi connectivity index (χ0n) is 8.99. The van der Waals surface area contributed by atoms with E-state index < -0.39 is 11.6 Å². The minimum absolute atomic E-state index is 0.0930. The van der Waals surface area contributed by atoms with Gasteiger partial charge in [0.25, 0.3) is 0 Å². The molecule has 0 aliphatic heterocycles. The number of hydrogen-bond acceptors (Lipinski definition) is 2. The Bertz CT molecular complexity index is 600. The lowest BCUT2D eigenvalue weighted by Gasteiger charge is -2.08. The summed E-state index contributed by atoms with van der Waals surface area (Å²) in [5, 5.41) is 0. The number of carbonyl (C=O) groups is 1. The fourth-order valence-corrected chi connectivity index (χ4v) is 1.73. The highest BCUT2D eigenvalue weighted by Crippen LogP contribution is 2.28. The molecule has 0 aromatic heterocycles. The topological polar surface area (TPSA) is 26.3 Å². The van der Waals surface area contributed by atoms with Crippen LogP contribution in [0.5, 0.6) is 11.5 Å². The standard InChI is InChI=1S/C13H7BrF2O2/c14-11-6-10(2-3-12(11)16)18-13-4-1-9(15)5-8(13)7-17/h1-7H. The lowest BCUT2D eigenvalue weighted by molar-refractivity contribution is 0.112. The minimum Gasteiger partial charge on any atom is -0.457 e. The van der Waals surface area contributed by atoms with Gasteiger partial charge in [-0.05, 0) is 52.3 Å². The van der Waals surface area contributed by atoms with Crippen LogP contribution < -0.4 is 4.74 Å². The number of rotatable bonds is 3. The van der Waals surface area contributed by atoms with Crippen molar-refractivity contribution in [2.75, 3.05) is 0 Å². The van der Waals surface area contributed by atoms with Crippen LogP contribution in [0.3, 0.4) is 0 Å². The van der Waals surface area contributed by atoms with Gasteiger partial charge < -0.3 is 4.74 Å². The van der Waals surface area contributed by atoms with Crippen molar-refractivity contribution in [2.45, 2.75) is 0 Å². The van der Waals surface area contributed by atoms with Crippen molar-refractivity contribution >= 4 is 22.2 Å². The summed E-state index contributed by atoms with van der Waals surface area (Å²) in [6.07, 6.45) is 0.497. The molecule has 0 aliphatic rings. The molecule has 0 saturated carbocycles. The van der Waals surface area contributed by atoms with E-state index in [1.165, 1.54) is 30.3 Å². The van der Waals surface area contributed by atoms with E-state index in [9.17, 15) is 13.6 Å². The summed E-state index contributed by atoms with van der Waals surface area (Å²) < 4.78 is 31.6. The molecular weight excluding hydrogens is 306 g/mol. The normalized spacial score (nSPS) is 10.2. The summed E-state index contributed by atoms with van der Waals surface area (Å²) >= 11 is 3.02. The van der Waals surface area contributed by atoms with Crippen LogP contribution in [0.25, 0.3) is 0 Å². The molecule has 5 heteroatoms. The predicted molar refractivity (Wildman–Crippen MR) is 66.0 cm³/mol. The zero-order valence-corrected chi connectivity index (χ0v) is 10.6. The van der Waals surface area contributed by atoms with Gasteiger partial charge in [-0.25, -0.2) is 8.78 Å². The van der Waals surface area contributed by atoms with Crippen LogP contribution >= 0.6 is 15.9 Å². The van der Waals surface area contributed by atoms with Crippen LogP contribution in [0.2, 0.25) is 0 Å². The van der Waals surface area contributed by atoms with Gasteiger partial charge in [0.15, 0.2) is 6.29 Å². The monoisotopic (exact) mass is 312 g/mol. The van der Waals surface area contributed by atoms with E-state index in [-0.39, 0.29) is 15.8 Å². The summed E-state index contributed by atoms with van der Waals surface area (Å²) in [6.45, 7) is 0. The van der Waals surface area contributed by atoms with E-state index in [1.807, 2.05) is 0 Å². The molecule has 18 heavy (non-hydrogen) atoms. The average molecular weight is 313 g/mol. The summed E-state index contributed by atoms with van der Waals surface area (Å²) in [4.78, 5) is 10.8. The van der Waals surface area contributed by atoms with Crippen molar-refractivity contribution in [1.29, 1.82) is 0 Å². The number of aldehydes is 1. The molecule has 0 bridgehead atoms. The number of halogens is 3. The Morgan fingerprint density at radius 1 is 1.11 bits per heavy atom. The van der Waals surface area contributed by atoms with Crippen molar-refractivity contribution in [1.82, 2.24) is 0 Å². The summed E-state index contributed by atoms with van der Waals surface area (Å²) in [5.41, 5.74) is 0.0930. The molecule has 0 unspecified atom stereocenters. The Labute approximate surface area is 110 Å². The maximum Gasteiger partial charge on any atom is 0.153 e. The van der Waals surface area contributed by atoms with Crippen molar-refractivity contribution in [3.05, 3.63) is 58.1 Å². The molecule has 0 amide bonds. The Hall–Kier alpha value is -1.75. The van der Waals surface area contributed by atoms with Gasteiger partial charge in [0.2, 0.25) is 0 Å². The first-order valence-electron chi connectivity index (χ1n) is 4.98. The van der Waals surface area contributed by atoms with Crippen molar-refractivity contribution in [2.24, 2.45) is 0 Å². The van der Waals surface area contributed by atoms with Crippen LogP contribution in [0.15, 0.2) is 40.9 Å². The maximum absolute atomic E-state index is 13.0. The predicted octanol–water partition coefficient (Wildman–Crippen LogP) is 4.33. The Balaban J connectivity index is 2.33. The fraction of sp³-hybridized carbons (Fsp3) is 0. The second-order valence-corrected chi connectivity index (χ2v) is 4.33. The second kappa shape index (κ2) is 5.27. The Kier molecular flexibility index (Phi) is 3.72. The number of benzene rings is 2. The van der Waals surface area contributed by atoms with E-state index in [0.29, 0.717) is 12.0 Å². The third-order valence-corrected chi connectivity index (χ3v) is 2.83. The highest BCUT2D eigenvalue weighted by molar-refractivity contribution is 9.10. The molecule has 2 rings (SSSR count). The van der Waals surface area contributed by atoms with E-state index >= 15 is 0 Å². The first-order valence-corrected chi connectivity index (χ1v) is 5.77. The molecule has 0 fully saturated rings. The summed E-state index contributed by atoms with van der Waals surface area (Å²) in [6, 6.07) is 7.66. The molecule has 0 N–H and O–H groups in total. The summed E-state index contributed by atoms with van der Waals surface area (Å²) in [5.74, 6) is -0.385. The number of carbonyl (C=O) groups excluding carboxylic acids is 1. The van der Waals surface area contributed by atoms with Crippen LogP contribution in [-0.4, -0.2) is 6.29 Å². The van der Waals surface area contributed by atoms with E-state index in [2.05, 4.69) is 15.9 Å². The average Bonchev–Trinajstić information content (AvgIpc) is 2.36. The molecular formula is C13H7BrF2O2. The molecule has 92 valence electrons. The van der Waals surface area contributed by atoms with Crippen LogP contribution in [-0.2, 0) is 0 Å². The van der Waals surface area contributed by atoms with Crippen molar-refractivity contribution in [3.63, 3.8) is 0 Å². The van der Waals surface area contributed by atoms with Gasteiger partial charge in [0.05, 0.1) is 10.0 Å². The van der Waals surface area contributed by atoms with Gasteiger partial charge in [0, 0.05) is 0 Å². The van der Waals surface area contributed by atoms with E-state index in [0.717, 1.165) is 6.07 Å². The molecule has 0 aliphatic carbocycles. The summed E-state index contributed by atoms with van der Waals surface area (Å²) in [7, 11) is 0. The smallest absolute Gasteiger partial charge is 0.153 e. The molecule has 2 aromatic rings. The van der Waals surface area contributed by atoms with Gasteiger partial charge in [-0.2, -0.15) is 0 Å². The molecule has 0 radical (unpaired) electrons. The van der Waals surface area contributed by atoms with Gasteiger partial charge in [-0.15, -0.1) is 0 Å². The van der Waals surface area contributed by atoms with Gasteiger partial charge in [-0.1, -0.05) is 0 Å². The molecule has 2 aromatic carbocycles. The fourth-order valence-electron chi connectivity index (χ4n) is 1.37. The largest absolute Gasteiger partial charge is 0.457 e. The minimum atomic E-state index is -0.523. The third-order valence-electron chi connectivity index (χ3n) is 2.22. The first kappa shape index (κ1) is 12.7. The number of hydrogen-bond donors (Lipinski definition) is 0. The van der Waals surface area contributed by atoms with Crippen molar-refractivity contribution < 1.29 is 18.3 Å². The number of ether oxygens (including phenoxy) is 1. The zero-order chi connectivity index (χ0) is 13.1. The van der Waals surface area contributed by atoms with Crippen LogP contribution in [0.1, 0.15) is 10.4 Å². The van der Waals surface area contributed by atoms with Crippen molar-refractivity contribution in [3.8, 4) is 11.5 Å². The van der Waals surface area contributed by atoms with E-state index in [4.69, 9.17) is 4.74 Å². The molecule has 2 nitrogen and oxygen atoms in total. The quantitative estimate of drug-likeness (QED) is 0.788. The van der Waals surface area contributed by atoms with E-state index in [1.54, 1.807) is 0 Å². The lowest BCUT2D eigenvalue weighted by Crippen LogP contribution is -1.92. The van der Waals surface area contributed by atoms with Crippen LogP contribution in [0, 0.1) is 11.6 Å². The SMILES string of the molecule is O=Cc1cc(F)ccc1Oc1ccc(F)c(Br)c1. The van der Waals surface area contributed by atoms with Gasteiger partial charge in [-0.3, -0.25) is 4.79 Å². The van der Waals surface area contributed by atoms with Gasteiger partial charge in [0.1, 0.15) is 23.1 Å². The molecule has 0 heterocycles. The Morgan fingerprint density at radius 3 is 2.56 bits per heavy atom. The highest BCUT2D eigenvalue weighted by atomic mass is 79.9. The highest BCUT2D eigenvalue weighted by Gasteiger charge is 2.07. The maximum atomic E-state index is 13.0. The molecule has 0 saturated heterocycles. The van der Waals surface area contributed by atoms with Crippen LogP contribution in [0.4, 0.5) is 8.78 Å². The third kappa shape index (κ3) is 2.73. The molecule has 0 spiro atoms. The first-order chi connectivity index (χ1) is 8.60.